The molecule has 29 heavy (non-hydrogen) atoms. The number of hydrogen-bond acceptors (Lipinski definition) is 4. The monoisotopic (exact) mass is 449 g/mol. The molecule has 0 N–H and O–H groups in total. The third-order valence-corrected chi connectivity index (χ3v) is 5.38. The molecular formula is C22H20BrN5O. The van der Waals surface area contributed by atoms with Gasteiger partial charge >= 0.3 is 0 Å². The zero-order valence-corrected chi connectivity index (χ0v) is 18.2. The Morgan fingerprint density at radius 3 is 2.62 bits per heavy atom. The molecule has 3 heterocycles. The highest BCUT2D eigenvalue weighted by atomic mass is 79.9. The maximum Gasteiger partial charge on any atom is 0.282 e. The lowest BCUT2D eigenvalue weighted by atomic mass is 10.2. The van der Waals surface area contributed by atoms with Gasteiger partial charge in [0.05, 0.1) is 17.1 Å². The van der Waals surface area contributed by atoms with Gasteiger partial charge in [-0.15, -0.1) is 0 Å². The summed E-state index contributed by atoms with van der Waals surface area (Å²) in [6, 6.07) is 11.5. The van der Waals surface area contributed by atoms with Crippen molar-refractivity contribution in [3.63, 3.8) is 0 Å². The number of rotatable bonds is 3. The van der Waals surface area contributed by atoms with Crippen LogP contribution in [0.5, 0.6) is 0 Å². The summed E-state index contributed by atoms with van der Waals surface area (Å²) >= 11 is 3.41. The van der Waals surface area contributed by atoms with Crippen molar-refractivity contribution in [3.05, 3.63) is 85.8 Å². The van der Waals surface area contributed by atoms with Crippen LogP contribution < -0.4 is 5.56 Å². The Kier molecular flexibility index (Phi) is 4.92. The minimum atomic E-state index is -0.195. The van der Waals surface area contributed by atoms with E-state index in [0.29, 0.717) is 16.7 Å². The highest BCUT2D eigenvalue weighted by molar-refractivity contribution is 9.10. The van der Waals surface area contributed by atoms with Crippen molar-refractivity contribution in [2.75, 3.05) is 0 Å². The van der Waals surface area contributed by atoms with Crippen LogP contribution in [-0.2, 0) is 0 Å². The molecule has 0 radical (unpaired) electrons. The molecule has 1 aromatic carbocycles. The quantitative estimate of drug-likeness (QED) is 0.433. The van der Waals surface area contributed by atoms with E-state index in [0.717, 1.165) is 32.8 Å². The van der Waals surface area contributed by atoms with Crippen LogP contribution in [0.1, 0.15) is 28.3 Å². The molecule has 0 atom stereocenters. The molecule has 7 heteroatoms. The summed E-state index contributed by atoms with van der Waals surface area (Å²) in [6.07, 6.45) is 3.51. The van der Waals surface area contributed by atoms with Crippen molar-refractivity contribution in [1.82, 2.24) is 19.2 Å². The molecular weight excluding hydrogens is 430 g/mol. The zero-order valence-electron chi connectivity index (χ0n) is 16.6. The number of hydrogen-bond donors (Lipinski definition) is 0. The minimum Gasteiger partial charge on any atom is -0.303 e. The van der Waals surface area contributed by atoms with Crippen molar-refractivity contribution in [3.8, 4) is 5.82 Å². The van der Waals surface area contributed by atoms with Crippen LogP contribution in [0.25, 0.3) is 16.7 Å². The van der Waals surface area contributed by atoms with E-state index >= 15 is 0 Å². The van der Waals surface area contributed by atoms with Crippen LogP contribution in [0.15, 0.2) is 57.0 Å². The molecule has 0 bridgehead atoms. The first-order valence-electron chi connectivity index (χ1n) is 9.20. The molecule has 0 aliphatic rings. The number of nitrogens with zero attached hydrogens (tertiary/aromatic N) is 5. The number of aryl methyl sites for hydroxylation is 3. The molecule has 6 nitrogen and oxygen atoms in total. The lowest BCUT2D eigenvalue weighted by Gasteiger charge is -2.09. The predicted octanol–water partition coefficient (Wildman–Crippen LogP) is 4.46. The lowest BCUT2D eigenvalue weighted by molar-refractivity contribution is 0.770. The number of fused-ring (bicyclic) bond motifs is 1. The van der Waals surface area contributed by atoms with Crippen LogP contribution in [0.3, 0.4) is 0 Å². The van der Waals surface area contributed by atoms with Crippen LogP contribution >= 0.6 is 15.9 Å². The topological polar surface area (TPSA) is 65.1 Å². The molecule has 146 valence electrons. The van der Waals surface area contributed by atoms with Crippen LogP contribution in [-0.4, -0.2) is 25.4 Å². The summed E-state index contributed by atoms with van der Waals surface area (Å²) in [5.74, 6) is 1.40. The average molecular weight is 450 g/mol. The van der Waals surface area contributed by atoms with Crippen molar-refractivity contribution in [2.45, 2.75) is 27.7 Å². The Bertz CT molecular complexity index is 1330. The van der Waals surface area contributed by atoms with Gasteiger partial charge in [-0.05, 0) is 69.7 Å². The number of benzene rings is 1. The van der Waals surface area contributed by atoms with Crippen molar-refractivity contribution < 1.29 is 0 Å². The molecule has 0 spiro atoms. The zero-order chi connectivity index (χ0) is 20.7. The summed E-state index contributed by atoms with van der Waals surface area (Å²) in [4.78, 5) is 21.9. The van der Waals surface area contributed by atoms with E-state index in [4.69, 9.17) is 0 Å². The van der Waals surface area contributed by atoms with Gasteiger partial charge in [-0.1, -0.05) is 15.9 Å². The van der Waals surface area contributed by atoms with Gasteiger partial charge in [-0.25, -0.2) is 9.97 Å². The third-order valence-electron chi connectivity index (χ3n) is 4.88. The normalized spacial score (nSPS) is 11.6. The third kappa shape index (κ3) is 3.53. The van der Waals surface area contributed by atoms with Gasteiger partial charge in [0, 0.05) is 27.6 Å². The fraction of sp³-hybridized carbons (Fsp3) is 0.182. The van der Waals surface area contributed by atoms with Crippen LogP contribution in [0.2, 0.25) is 0 Å². The molecule has 3 aromatic heterocycles. The Balaban J connectivity index is 1.79. The van der Waals surface area contributed by atoms with E-state index in [-0.39, 0.29) is 5.56 Å². The van der Waals surface area contributed by atoms with Gasteiger partial charge in [-0.3, -0.25) is 4.79 Å². The molecule has 0 saturated carbocycles. The molecule has 0 unspecified atom stereocenters. The Morgan fingerprint density at radius 1 is 1.07 bits per heavy atom. The largest absolute Gasteiger partial charge is 0.303 e. The summed E-state index contributed by atoms with van der Waals surface area (Å²) in [5, 5.41) is 4.97. The van der Waals surface area contributed by atoms with Crippen molar-refractivity contribution in [1.29, 1.82) is 0 Å². The molecule has 0 aliphatic carbocycles. The summed E-state index contributed by atoms with van der Waals surface area (Å²) in [6.45, 7) is 7.87. The Labute approximate surface area is 176 Å². The standard InChI is InChI=1S/C22H20BrN5O/c1-13-7-8-24-21(9-13)27-14(2)10-17(15(27)3)12-25-28-16(4)26-20-6-5-18(23)11-19(20)22(28)29/h5-12H,1-4H3. The lowest BCUT2D eigenvalue weighted by Crippen LogP contribution is -2.20. The maximum absolute atomic E-state index is 12.9. The molecule has 0 fully saturated rings. The summed E-state index contributed by atoms with van der Waals surface area (Å²) < 4.78 is 4.25. The van der Waals surface area contributed by atoms with E-state index in [1.54, 1.807) is 25.4 Å². The van der Waals surface area contributed by atoms with Crippen LogP contribution in [0.4, 0.5) is 0 Å². The number of aromatic nitrogens is 4. The van der Waals surface area contributed by atoms with Crippen molar-refractivity contribution >= 4 is 33.0 Å². The second-order valence-electron chi connectivity index (χ2n) is 7.04. The smallest absolute Gasteiger partial charge is 0.282 e. The SMILES string of the molecule is Cc1ccnc(-n2c(C)cc(C=Nn3c(C)nc4ccc(Br)cc4c3=O)c2C)c1. The first-order chi connectivity index (χ1) is 13.8. The molecule has 4 rings (SSSR count). The van der Waals surface area contributed by atoms with Gasteiger partial charge in [0.2, 0.25) is 0 Å². The van der Waals surface area contributed by atoms with Crippen molar-refractivity contribution in [2.24, 2.45) is 5.10 Å². The number of pyridine rings is 1. The van der Waals surface area contributed by atoms with E-state index in [1.807, 2.05) is 51.1 Å². The van der Waals surface area contributed by atoms with Gasteiger partial charge in [0.15, 0.2) is 0 Å². The minimum absolute atomic E-state index is 0.195. The van der Waals surface area contributed by atoms with E-state index in [2.05, 4.69) is 35.6 Å². The van der Waals surface area contributed by atoms with Gasteiger partial charge in [-0.2, -0.15) is 9.78 Å². The van der Waals surface area contributed by atoms with E-state index in [9.17, 15) is 4.79 Å². The first kappa shape index (κ1) is 19.3. The number of halogens is 1. The summed E-state index contributed by atoms with van der Waals surface area (Å²) in [5.41, 5.74) is 4.59. The fourth-order valence-electron chi connectivity index (χ4n) is 3.43. The molecule has 0 saturated heterocycles. The molecule has 0 amide bonds. The maximum atomic E-state index is 12.9. The van der Waals surface area contributed by atoms with Crippen LogP contribution in [0, 0.1) is 27.7 Å². The average Bonchev–Trinajstić information content (AvgIpc) is 2.96. The Morgan fingerprint density at radius 2 is 1.86 bits per heavy atom. The van der Waals surface area contributed by atoms with Gasteiger partial charge in [0.25, 0.3) is 5.56 Å². The Hall–Kier alpha value is -3.06. The molecule has 0 aliphatic heterocycles. The second-order valence-corrected chi connectivity index (χ2v) is 7.95. The molecule has 4 aromatic rings. The summed E-state index contributed by atoms with van der Waals surface area (Å²) in [7, 11) is 0. The van der Waals surface area contributed by atoms with E-state index in [1.165, 1.54) is 4.68 Å². The van der Waals surface area contributed by atoms with Gasteiger partial charge in [0.1, 0.15) is 11.6 Å². The van der Waals surface area contributed by atoms with Gasteiger partial charge < -0.3 is 4.57 Å². The highest BCUT2D eigenvalue weighted by Gasteiger charge is 2.12. The predicted molar refractivity (Wildman–Crippen MR) is 119 cm³/mol. The van der Waals surface area contributed by atoms with E-state index < -0.39 is 0 Å². The second kappa shape index (κ2) is 7.40. The first-order valence-corrected chi connectivity index (χ1v) is 9.99. The fourth-order valence-corrected chi connectivity index (χ4v) is 3.79. The highest BCUT2D eigenvalue weighted by Crippen LogP contribution is 2.19.